The van der Waals surface area contributed by atoms with Crippen molar-refractivity contribution in [3.05, 3.63) is 23.8 Å². The van der Waals surface area contributed by atoms with Crippen molar-refractivity contribution < 1.29 is 19.1 Å². The Morgan fingerprint density at radius 1 is 1.36 bits per heavy atom. The van der Waals surface area contributed by atoms with E-state index < -0.39 is 0 Å². The van der Waals surface area contributed by atoms with Gasteiger partial charge in [-0.25, -0.2) is 0 Å². The number of amides is 2. The lowest BCUT2D eigenvalue weighted by Crippen LogP contribution is -2.50. The van der Waals surface area contributed by atoms with Crippen LogP contribution in [0.15, 0.2) is 18.2 Å². The summed E-state index contributed by atoms with van der Waals surface area (Å²) in [6.45, 7) is 3.88. The number of carbonyl (C=O) groups excluding carboxylic acids is 2. The van der Waals surface area contributed by atoms with E-state index in [0.29, 0.717) is 19.6 Å². The van der Waals surface area contributed by atoms with Crippen molar-refractivity contribution >= 4 is 11.8 Å². The fourth-order valence-corrected chi connectivity index (χ4v) is 3.33. The summed E-state index contributed by atoms with van der Waals surface area (Å²) in [4.78, 5) is 27.9. The molecule has 7 heteroatoms. The van der Waals surface area contributed by atoms with Crippen LogP contribution in [0.2, 0.25) is 0 Å². The summed E-state index contributed by atoms with van der Waals surface area (Å²) in [6, 6.07) is 5.53. The van der Waals surface area contributed by atoms with E-state index in [-0.39, 0.29) is 30.6 Å². The minimum Gasteiger partial charge on any atom is -0.454 e. The van der Waals surface area contributed by atoms with Gasteiger partial charge in [-0.15, -0.1) is 0 Å². The minimum atomic E-state index is -0.320. The third-order valence-corrected chi connectivity index (χ3v) is 5.02. The molecule has 2 atom stereocenters. The second kappa shape index (κ2) is 7.31. The van der Waals surface area contributed by atoms with Crippen molar-refractivity contribution in [2.75, 3.05) is 26.9 Å². The quantitative estimate of drug-likeness (QED) is 0.857. The van der Waals surface area contributed by atoms with E-state index in [2.05, 4.69) is 0 Å². The van der Waals surface area contributed by atoms with E-state index >= 15 is 0 Å². The van der Waals surface area contributed by atoms with E-state index in [4.69, 9.17) is 15.2 Å². The number of piperidine rings is 1. The zero-order valence-corrected chi connectivity index (χ0v) is 14.7. The predicted octanol–water partition coefficient (Wildman–Crippen LogP) is 0.960. The standard InChI is InChI=1S/C18H25N3O4/c1-12(18(23)21-7-3-4-14(10-21)17(19)22)20(2)9-13-5-6-15-16(8-13)25-11-24-15/h5-6,8,12,14H,3-4,7,9-11H2,1-2H3,(H2,19,22)/t12-,14+/m1/s1. The maximum absolute atomic E-state index is 12.8. The van der Waals surface area contributed by atoms with Crippen molar-refractivity contribution in [3.63, 3.8) is 0 Å². The summed E-state index contributed by atoms with van der Waals surface area (Å²) < 4.78 is 10.7. The van der Waals surface area contributed by atoms with Crippen LogP contribution in [0, 0.1) is 5.92 Å². The second-order valence-electron chi connectivity index (χ2n) is 6.80. The third-order valence-electron chi connectivity index (χ3n) is 5.02. The number of hydrogen-bond acceptors (Lipinski definition) is 5. The summed E-state index contributed by atoms with van der Waals surface area (Å²) in [5.74, 6) is 0.976. The SMILES string of the molecule is C[C@H](C(=O)N1CCC[C@H](C(N)=O)C1)N(C)Cc1ccc2c(c1)OCO2. The Kier molecular flexibility index (Phi) is 5.13. The molecule has 0 spiro atoms. The largest absolute Gasteiger partial charge is 0.454 e. The van der Waals surface area contributed by atoms with Crippen LogP contribution in [0.5, 0.6) is 11.5 Å². The van der Waals surface area contributed by atoms with Gasteiger partial charge in [-0.05, 0) is 44.5 Å². The molecule has 136 valence electrons. The number of ether oxygens (including phenoxy) is 2. The van der Waals surface area contributed by atoms with Gasteiger partial charge in [-0.1, -0.05) is 6.07 Å². The Labute approximate surface area is 147 Å². The fourth-order valence-electron chi connectivity index (χ4n) is 3.33. The van der Waals surface area contributed by atoms with Crippen molar-refractivity contribution in [2.24, 2.45) is 11.7 Å². The monoisotopic (exact) mass is 347 g/mol. The van der Waals surface area contributed by atoms with E-state index in [1.807, 2.05) is 37.1 Å². The molecule has 2 aliphatic rings. The average molecular weight is 347 g/mol. The lowest BCUT2D eigenvalue weighted by atomic mass is 9.97. The summed E-state index contributed by atoms with van der Waals surface area (Å²) in [6.07, 6.45) is 1.58. The fraction of sp³-hybridized carbons (Fsp3) is 0.556. The van der Waals surface area contributed by atoms with E-state index in [9.17, 15) is 9.59 Å². The van der Waals surface area contributed by atoms with Crippen LogP contribution in [0.3, 0.4) is 0 Å². The smallest absolute Gasteiger partial charge is 0.239 e. The molecular weight excluding hydrogens is 322 g/mol. The minimum absolute atomic E-state index is 0.0363. The molecule has 2 aliphatic heterocycles. The highest BCUT2D eigenvalue weighted by Gasteiger charge is 2.30. The van der Waals surface area contributed by atoms with Crippen LogP contribution < -0.4 is 15.2 Å². The molecule has 0 aliphatic carbocycles. The van der Waals surface area contributed by atoms with Crippen molar-refractivity contribution in [2.45, 2.75) is 32.4 Å². The number of hydrogen-bond donors (Lipinski definition) is 1. The summed E-state index contributed by atoms with van der Waals surface area (Å²) in [5.41, 5.74) is 6.46. The Balaban J connectivity index is 1.60. The Morgan fingerprint density at radius 3 is 2.88 bits per heavy atom. The normalized spacial score (nSPS) is 20.6. The van der Waals surface area contributed by atoms with Crippen molar-refractivity contribution in [1.82, 2.24) is 9.80 Å². The highest BCUT2D eigenvalue weighted by molar-refractivity contribution is 5.83. The van der Waals surface area contributed by atoms with Crippen LogP contribution >= 0.6 is 0 Å². The maximum Gasteiger partial charge on any atom is 0.239 e. The van der Waals surface area contributed by atoms with Crippen LogP contribution in [-0.4, -0.2) is 54.6 Å². The molecule has 7 nitrogen and oxygen atoms in total. The van der Waals surface area contributed by atoms with Gasteiger partial charge in [0.2, 0.25) is 18.6 Å². The average Bonchev–Trinajstić information content (AvgIpc) is 3.08. The van der Waals surface area contributed by atoms with Crippen molar-refractivity contribution in [3.8, 4) is 11.5 Å². The van der Waals surface area contributed by atoms with Crippen LogP contribution in [0.25, 0.3) is 0 Å². The lowest BCUT2D eigenvalue weighted by molar-refractivity contribution is -0.139. The molecule has 2 N–H and O–H groups in total. The summed E-state index contributed by atoms with van der Waals surface area (Å²) in [5, 5.41) is 0. The number of carbonyl (C=O) groups is 2. The second-order valence-corrected chi connectivity index (χ2v) is 6.80. The molecule has 2 amide bonds. The third kappa shape index (κ3) is 3.87. The molecule has 0 unspecified atom stereocenters. The first-order valence-corrected chi connectivity index (χ1v) is 8.62. The molecular formula is C18H25N3O4. The molecule has 1 fully saturated rings. The maximum atomic E-state index is 12.8. The number of benzene rings is 1. The van der Waals surface area contributed by atoms with Gasteiger partial charge in [-0.3, -0.25) is 14.5 Å². The van der Waals surface area contributed by atoms with E-state index in [1.54, 1.807) is 4.90 Å². The highest BCUT2D eigenvalue weighted by Crippen LogP contribution is 2.32. The molecule has 1 saturated heterocycles. The van der Waals surface area contributed by atoms with Gasteiger partial charge in [0.1, 0.15) is 0 Å². The molecule has 0 saturated carbocycles. The first-order valence-electron chi connectivity index (χ1n) is 8.62. The molecule has 1 aromatic carbocycles. The van der Waals surface area contributed by atoms with Crippen LogP contribution in [0.1, 0.15) is 25.3 Å². The van der Waals surface area contributed by atoms with Crippen LogP contribution in [0.4, 0.5) is 0 Å². The number of primary amides is 1. The molecule has 3 rings (SSSR count). The van der Waals surface area contributed by atoms with Gasteiger partial charge in [0.15, 0.2) is 11.5 Å². The van der Waals surface area contributed by atoms with Gasteiger partial charge in [-0.2, -0.15) is 0 Å². The molecule has 1 aromatic rings. The van der Waals surface area contributed by atoms with Gasteiger partial charge in [0, 0.05) is 19.6 Å². The lowest BCUT2D eigenvalue weighted by Gasteiger charge is -2.35. The zero-order chi connectivity index (χ0) is 18.0. The first-order chi connectivity index (χ1) is 12.0. The van der Waals surface area contributed by atoms with Gasteiger partial charge in [0.25, 0.3) is 0 Å². The molecule has 0 bridgehead atoms. The highest BCUT2D eigenvalue weighted by atomic mass is 16.7. The number of likely N-dealkylation sites (tertiary alicyclic amines) is 1. The molecule has 2 heterocycles. The van der Waals surface area contributed by atoms with E-state index in [0.717, 1.165) is 29.9 Å². The Hall–Kier alpha value is -2.28. The predicted molar refractivity (Wildman–Crippen MR) is 92.0 cm³/mol. The van der Waals surface area contributed by atoms with Crippen molar-refractivity contribution in [1.29, 1.82) is 0 Å². The number of likely N-dealkylation sites (N-methyl/N-ethyl adjacent to an activating group) is 1. The number of nitrogens with zero attached hydrogens (tertiary/aromatic N) is 2. The summed E-state index contributed by atoms with van der Waals surface area (Å²) in [7, 11) is 1.92. The van der Waals surface area contributed by atoms with Gasteiger partial charge >= 0.3 is 0 Å². The van der Waals surface area contributed by atoms with Gasteiger partial charge < -0.3 is 20.1 Å². The molecule has 0 aromatic heterocycles. The molecule has 25 heavy (non-hydrogen) atoms. The Bertz CT molecular complexity index is 664. The first kappa shape index (κ1) is 17.5. The zero-order valence-electron chi connectivity index (χ0n) is 14.7. The van der Waals surface area contributed by atoms with E-state index in [1.165, 1.54) is 0 Å². The molecule has 0 radical (unpaired) electrons. The Morgan fingerprint density at radius 2 is 2.12 bits per heavy atom. The number of fused-ring (bicyclic) bond motifs is 1. The topological polar surface area (TPSA) is 85.1 Å². The van der Waals surface area contributed by atoms with Gasteiger partial charge in [0.05, 0.1) is 12.0 Å². The summed E-state index contributed by atoms with van der Waals surface area (Å²) >= 11 is 0. The van der Waals surface area contributed by atoms with Crippen LogP contribution in [-0.2, 0) is 16.1 Å². The number of rotatable bonds is 5. The number of nitrogens with two attached hydrogens (primary N) is 1.